The number of likely N-dealkylation sites (N-methyl/N-ethyl adjacent to an activating group) is 1. The molecule has 1 N–H and O–H groups in total. The molecular formula is C26H25N7O4. The highest BCUT2D eigenvalue weighted by Gasteiger charge is 2.51. The van der Waals surface area contributed by atoms with E-state index in [2.05, 4.69) is 36.5 Å². The molecule has 0 spiro atoms. The summed E-state index contributed by atoms with van der Waals surface area (Å²) in [5, 5.41) is 20.6. The number of methoxy groups -OCH3 is 1. The SMILES string of the molecule is COc1ccc2nnc(C#N)c(/C=C/C34CCC(N(C)c5ccc6c(n5)NC(=O)CO6)(CC3)CO4)c2n1. The highest BCUT2D eigenvalue weighted by atomic mass is 16.5. The van der Waals surface area contributed by atoms with Crippen molar-refractivity contribution in [1.29, 1.82) is 5.26 Å². The van der Waals surface area contributed by atoms with Crippen LogP contribution in [0.25, 0.3) is 17.1 Å². The van der Waals surface area contributed by atoms with Crippen LogP contribution in [0, 0.1) is 11.3 Å². The van der Waals surface area contributed by atoms with Gasteiger partial charge in [0, 0.05) is 18.7 Å². The molecule has 0 aromatic carbocycles. The molecule has 0 radical (unpaired) electrons. The lowest BCUT2D eigenvalue weighted by Gasteiger charge is -2.56. The van der Waals surface area contributed by atoms with Gasteiger partial charge in [0.05, 0.1) is 24.9 Å². The Balaban J connectivity index is 1.24. The van der Waals surface area contributed by atoms with Gasteiger partial charge in [-0.15, -0.1) is 10.2 Å². The average Bonchev–Trinajstić information content (AvgIpc) is 2.95. The van der Waals surface area contributed by atoms with E-state index in [0.717, 1.165) is 31.5 Å². The molecule has 4 aliphatic rings. The van der Waals surface area contributed by atoms with Crippen molar-refractivity contribution in [3.05, 3.63) is 41.6 Å². The number of nitriles is 1. The Labute approximate surface area is 213 Å². The summed E-state index contributed by atoms with van der Waals surface area (Å²) in [6, 6.07) is 9.37. The number of carbonyl (C=O) groups excluding carboxylic acids is 1. The van der Waals surface area contributed by atoms with Crippen molar-refractivity contribution in [1.82, 2.24) is 20.2 Å². The fourth-order valence-electron chi connectivity index (χ4n) is 5.31. The minimum atomic E-state index is -0.436. The van der Waals surface area contributed by atoms with Gasteiger partial charge in [-0.3, -0.25) is 4.79 Å². The molecule has 2 bridgehead atoms. The zero-order valence-corrected chi connectivity index (χ0v) is 20.5. The van der Waals surface area contributed by atoms with E-state index < -0.39 is 5.60 Å². The number of aromatic nitrogens is 4. The lowest BCUT2D eigenvalue weighted by atomic mass is 9.70. The van der Waals surface area contributed by atoms with Crippen molar-refractivity contribution >= 4 is 34.7 Å². The average molecular weight is 500 g/mol. The Morgan fingerprint density at radius 3 is 2.73 bits per heavy atom. The number of nitrogens with zero attached hydrogens (tertiary/aromatic N) is 6. The first-order valence-electron chi connectivity index (χ1n) is 12.1. The topological polar surface area (TPSA) is 135 Å². The molecule has 7 rings (SSSR count). The van der Waals surface area contributed by atoms with Crippen LogP contribution >= 0.6 is 0 Å². The lowest BCUT2D eigenvalue weighted by Crippen LogP contribution is -2.62. The van der Waals surface area contributed by atoms with E-state index in [1.807, 2.05) is 31.3 Å². The van der Waals surface area contributed by atoms with E-state index in [1.165, 1.54) is 0 Å². The molecule has 188 valence electrons. The third-order valence-corrected chi connectivity index (χ3v) is 7.66. The predicted molar refractivity (Wildman–Crippen MR) is 134 cm³/mol. The summed E-state index contributed by atoms with van der Waals surface area (Å²) < 4.78 is 17.2. The number of carbonyl (C=O) groups is 1. The van der Waals surface area contributed by atoms with Gasteiger partial charge in [0.2, 0.25) is 5.88 Å². The molecule has 1 aliphatic carbocycles. The standard InChI is InChI=1S/C26H25N7O4/c1-33(20-5-4-19-24(28-20)29-21(34)14-36-19)25-9-11-26(12-10-25,37-15-25)8-7-16-18(13-27)32-31-17-3-6-22(35-2)30-23(16)17/h3-8H,9-12,14-15H2,1-2H3,(H,28,29,34)/b8-7+. The number of anilines is 2. The van der Waals surface area contributed by atoms with Crippen molar-refractivity contribution < 1.29 is 19.0 Å². The number of ether oxygens (including phenoxy) is 3. The molecule has 6 heterocycles. The summed E-state index contributed by atoms with van der Waals surface area (Å²) in [5.74, 6) is 2.01. The second-order valence-corrected chi connectivity index (χ2v) is 9.62. The van der Waals surface area contributed by atoms with E-state index in [1.54, 1.807) is 19.2 Å². The van der Waals surface area contributed by atoms with Crippen LogP contribution in [0.4, 0.5) is 11.6 Å². The van der Waals surface area contributed by atoms with Crippen molar-refractivity contribution in [3.63, 3.8) is 0 Å². The first-order chi connectivity index (χ1) is 17.9. The monoisotopic (exact) mass is 499 g/mol. The number of fused-ring (bicyclic) bond motifs is 5. The van der Waals surface area contributed by atoms with Gasteiger partial charge in [-0.05, 0) is 43.9 Å². The molecule has 0 atom stereocenters. The van der Waals surface area contributed by atoms with Crippen LogP contribution in [0.5, 0.6) is 11.6 Å². The first-order valence-corrected chi connectivity index (χ1v) is 12.1. The van der Waals surface area contributed by atoms with E-state index >= 15 is 0 Å². The molecule has 1 amide bonds. The van der Waals surface area contributed by atoms with E-state index in [9.17, 15) is 10.1 Å². The largest absolute Gasteiger partial charge is 0.481 e. The normalized spacial score (nSPS) is 24.3. The van der Waals surface area contributed by atoms with Crippen LogP contribution in [0.3, 0.4) is 0 Å². The lowest BCUT2D eigenvalue weighted by molar-refractivity contribution is -0.124. The maximum Gasteiger partial charge on any atom is 0.263 e. The molecule has 11 nitrogen and oxygen atoms in total. The molecule has 3 aliphatic heterocycles. The van der Waals surface area contributed by atoms with Crippen LogP contribution in [-0.4, -0.2) is 64.6 Å². The van der Waals surface area contributed by atoms with Crippen molar-refractivity contribution in [3.8, 4) is 17.7 Å². The fraction of sp³-hybridized carbons (Fsp3) is 0.385. The Bertz CT molecular complexity index is 1460. The number of rotatable bonds is 5. The maximum atomic E-state index is 11.7. The number of hydrogen-bond donors (Lipinski definition) is 1. The van der Waals surface area contributed by atoms with Gasteiger partial charge >= 0.3 is 0 Å². The number of nitrogens with one attached hydrogen (secondary N) is 1. The Hall–Kier alpha value is -4.30. The molecular weight excluding hydrogens is 474 g/mol. The predicted octanol–water partition coefficient (Wildman–Crippen LogP) is 2.86. The van der Waals surface area contributed by atoms with Crippen LogP contribution in [0.2, 0.25) is 0 Å². The van der Waals surface area contributed by atoms with Crippen LogP contribution < -0.4 is 19.7 Å². The van der Waals surface area contributed by atoms with Gasteiger partial charge in [0.1, 0.15) is 22.9 Å². The molecule has 0 unspecified atom stereocenters. The molecule has 3 aromatic heterocycles. The third-order valence-electron chi connectivity index (χ3n) is 7.66. The fourth-order valence-corrected chi connectivity index (χ4v) is 5.31. The first kappa shape index (κ1) is 23.1. The second kappa shape index (κ2) is 8.67. The van der Waals surface area contributed by atoms with Gasteiger partial charge in [0.15, 0.2) is 23.9 Å². The minimum absolute atomic E-state index is 0.00204. The van der Waals surface area contributed by atoms with E-state index in [-0.39, 0.29) is 23.7 Å². The summed E-state index contributed by atoms with van der Waals surface area (Å²) in [7, 11) is 3.57. The number of hydrogen-bond acceptors (Lipinski definition) is 10. The van der Waals surface area contributed by atoms with Crippen molar-refractivity contribution in [2.45, 2.75) is 36.8 Å². The van der Waals surface area contributed by atoms with Gasteiger partial charge in [-0.1, -0.05) is 12.2 Å². The summed E-state index contributed by atoms with van der Waals surface area (Å²) in [4.78, 5) is 23.0. The Morgan fingerprint density at radius 2 is 2.00 bits per heavy atom. The Morgan fingerprint density at radius 1 is 1.16 bits per heavy atom. The molecule has 1 saturated carbocycles. The van der Waals surface area contributed by atoms with Crippen molar-refractivity contribution in [2.75, 3.05) is 37.6 Å². The van der Waals surface area contributed by atoms with Crippen LogP contribution in [0.15, 0.2) is 30.3 Å². The van der Waals surface area contributed by atoms with Gasteiger partial charge in [0.25, 0.3) is 5.91 Å². The van der Waals surface area contributed by atoms with Crippen LogP contribution in [0.1, 0.15) is 36.9 Å². The van der Waals surface area contributed by atoms with Gasteiger partial charge < -0.3 is 24.4 Å². The quantitative estimate of drug-likeness (QED) is 0.558. The zero-order chi connectivity index (χ0) is 25.6. The minimum Gasteiger partial charge on any atom is -0.481 e. The molecule has 37 heavy (non-hydrogen) atoms. The van der Waals surface area contributed by atoms with Gasteiger partial charge in [-0.2, -0.15) is 5.26 Å². The summed E-state index contributed by atoms with van der Waals surface area (Å²) in [6.07, 6.45) is 7.36. The maximum absolute atomic E-state index is 11.7. The third kappa shape index (κ3) is 3.90. The molecule has 3 aromatic rings. The molecule has 11 heteroatoms. The molecule has 2 saturated heterocycles. The summed E-state index contributed by atoms with van der Waals surface area (Å²) in [5.41, 5.74) is 1.32. The van der Waals surface area contributed by atoms with Crippen molar-refractivity contribution in [2.24, 2.45) is 0 Å². The highest BCUT2D eigenvalue weighted by molar-refractivity contribution is 5.94. The van der Waals surface area contributed by atoms with E-state index in [0.29, 0.717) is 40.7 Å². The molecule has 3 fully saturated rings. The summed E-state index contributed by atoms with van der Waals surface area (Å²) >= 11 is 0. The number of pyridine rings is 2. The summed E-state index contributed by atoms with van der Waals surface area (Å²) in [6.45, 7) is 0.532. The highest BCUT2D eigenvalue weighted by Crippen LogP contribution is 2.48. The smallest absolute Gasteiger partial charge is 0.263 e. The van der Waals surface area contributed by atoms with Gasteiger partial charge in [-0.25, -0.2) is 9.97 Å². The van der Waals surface area contributed by atoms with Crippen LogP contribution in [-0.2, 0) is 9.53 Å². The number of amides is 1. The zero-order valence-electron chi connectivity index (χ0n) is 20.5. The Kier molecular flexibility index (Phi) is 5.42. The van der Waals surface area contributed by atoms with E-state index in [4.69, 9.17) is 14.2 Å². The second-order valence-electron chi connectivity index (χ2n) is 9.62.